The second-order valence-corrected chi connectivity index (χ2v) is 7.28. The molecule has 5 nitrogen and oxygen atoms in total. The molecule has 3 aromatic rings. The SMILES string of the molecule is COc1cc(C)ccc1C(=O)Nc1sc(Cc2ccccc2)cc1C(N)=O. The fourth-order valence-corrected chi connectivity index (χ4v) is 3.85. The Balaban J connectivity index is 1.87. The number of nitrogens with two attached hydrogens (primary N) is 1. The van der Waals surface area contributed by atoms with Crippen LogP contribution < -0.4 is 15.8 Å². The van der Waals surface area contributed by atoms with Crippen LogP contribution in [0.5, 0.6) is 5.75 Å². The lowest BCUT2D eigenvalue weighted by atomic mass is 10.1. The van der Waals surface area contributed by atoms with Crippen molar-refractivity contribution in [2.24, 2.45) is 5.73 Å². The lowest BCUT2D eigenvalue weighted by Gasteiger charge is -2.09. The highest BCUT2D eigenvalue weighted by molar-refractivity contribution is 7.16. The van der Waals surface area contributed by atoms with Gasteiger partial charge in [0, 0.05) is 11.3 Å². The molecule has 0 fully saturated rings. The number of carbonyl (C=O) groups is 2. The van der Waals surface area contributed by atoms with Crippen LogP contribution in [0.3, 0.4) is 0 Å². The van der Waals surface area contributed by atoms with Gasteiger partial charge in [-0.3, -0.25) is 9.59 Å². The fourth-order valence-electron chi connectivity index (χ4n) is 2.76. The van der Waals surface area contributed by atoms with Gasteiger partial charge in [0.25, 0.3) is 11.8 Å². The summed E-state index contributed by atoms with van der Waals surface area (Å²) in [5, 5.41) is 3.25. The molecule has 0 unspecified atom stereocenters. The van der Waals surface area contributed by atoms with E-state index in [4.69, 9.17) is 10.5 Å². The van der Waals surface area contributed by atoms with Crippen molar-refractivity contribution in [1.29, 1.82) is 0 Å². The minimum atomic E-state index is -0.572. The molecular weight excluding hydrogens is 360 g/mol. The first-order chi connectivity index (χ1) is 13.0. The summed E-state index contributed by atoms with van der Waals surface area (Å²) in [6, 6.07) is 17.0. The van der Waals surface area contributed by atoms with Gasteiger partial charge in [0.2, 0.25) is 0 Å². The van der Waals surface area contributed by atoms with Crippen LogP contribution in [0, 0.1) is 6.92 Å². The molecule has 0 aliphatic heterocycles. The minimum absolute atomic E-state index is 0.311. The number of primary amides is 1. The standard InChI is InChI=1S/C21H20N2O3S/c1-13-8-9-16(18(10-13)26-2)20(25)23-21-17(19(22)24)12-15(27-21)11-14-6-4-3-5-7-14/h3-10,12H,11H2,1-2H3,(H2,22,24)(H,23,25). The molecule has 3 N–H and O–H groups in total. The van der Waals surface area contributed by atoms with Crippen LogP contribution in [-0.4, -0.2) is 18.9 Å². The average molecular weight is 380 g/mol. The van der Waals surface area contributed by atoms with E-state index in [1.54, 1.807) is 18.2 Å². The van der Waals surface area contributed by atoms with Crippen molar-refractivity contribution in [2.45, 2.75) is 13.3 Å². The number of hydrogen-bond donors (Lipinski definition) is 2. The van der Waals surface area contributed by atoms with E-state index >= 15 is 0 Å². The van der Waals surface area contributed by atoms with Crippen LogP contribution >= 0.6 is 11.3 Å². The van der Waals surface area contributed by atoms with Crippen LogP contribution in [-0.2, 0) is 6.42 Å². The predicted molar refractivity (Wildman–Crippen MR) is 108 cm³/mol. The first-order valence-electron chi connectivity index (χ1n) is 8.40. The molecule has 2 amide bonds. The Morgan fingerprint density at radius 3 is 2.48 bits per heavy atom. The first kappa shape index (κ1) is 18.7. The molecule has 27 heavy (non-hydrogen) atoms. The van der Waals surface area contributed by atoms with Crippen molar-refractivity contribution in [3.8, 4) is 5.75 Å². The van der Waals surface area contributed by atoms with Gasteiger partial charge in [0.15, 0.2) is 0 Å². The highest BCUT2D eigenvalue weighted by Gasteiger charge is 2.19. The van der Waals surface area contributed by atoms with Crippen molar-refractivity contribution >= 4 is 28.2 Å². The second kappa shape index (κ2) is 8.05. The molecule has 0 saturated carbocycles. The predicted octanol–water partition coefficient (Wildman–Crippen LogP) is 4.01. The van der Waals surface area contributed by atoms with Crippen LogP contribution in [0.4, 0.5) is 5.00 Å². The smallest absolute Gasteiger partial charge is 0.260 e. The van der Waals surface area contributed by atoms with Gasteiger partial charge in [-0.15, -0.1) is 11.3 Å². The van der Waals surface area contributed by atoms with E-state index in [2.05, 4.69) is 5.32 Å². The van der Waals surface area contributed by atoms with Crippen LogP contribution in [0.25, 0.3) is 0 Å². The molecule has 0 radical (unpaired) electrons. The Morgan fingerprint density at radius 2 is 1.81 bits per heavy atom. The van der Waals surface area contributed by atoms with E-state index in [0.717, 1.165) is 16.0 Å². The number of hydrogen-bond acceptors (Lipinski definition) is 4. The van der Waals surface area contributed by atoms with Crippen molar-refractivity contribution in [3.05, 3.63) is 81.7 Å². The number of ether oxygens (including phenoxy) is 1. The lowest BCUT2D eigenvalue weighted by Crippen LogP contribution is -2.17. The van der Waals surface area contributed by atoms with E-state index in [1.807, 2.05) is 43.3 Å². The molecule has 0 spiro atoms. The number of amides is 2. The summed E-state index contributed by atoms with van der Waals surface area (Å²) in [6.07, 6.45) is 0.662. The molecule has 0 bridgehead atoms. The molecule has 0 atom stereocenters. The van der Waals surface area contributed by atoms with Gasteiger partial charge < -0.3 is 15.8 Å². The third-order valence-electron chi connectivity index (χ3n) is 4.10. The normalized spacial score (nSPS) is 10.4. The molecular formula is C21H20N2O3S. The summed E-state index contributed by atoms with van der Waals surface area (Å²) in [7, 11) is 1.52. The Kier molecular flexibility index (Phi) is 5.57. The Hall–Kier alpha value is -3.12. The van der Waals surface area contributed by atoms with Crippen LogP contribution in [0.1, 0.15) is 36.7 Å². The summed E-state index contributed by atoms with van der Waals surface area (Å²) in [5.74, 6) is -0.437. The Morgan fingerprint density at radius 1 is 1.07 bits per heavy atom. The van der Waals surface area contributed by atoms with Gasteiger partial charge >= 0.3 is 0 Å². The molecule has 3 rings (SSSR count). The van der Waals surface area contributed by atoms with Crippen molar-refractivity contribution < 1.29 is 14.3 Å². The molecule has 1 heterocycles. The van der Waals surface area contributed by atoms with Crippen molar-refractivity contribution in [3.63, 3.8) is 0 Å². The number of aryl methyl sites for hydroxylation is 1. The van der Waals surface area contributed by atoms with Crippen LogP contribution in [0.15, 0.2) is 54.6 Å². The quantitative estimate of drug-likeness (QED) is 0.678. The van der Waals surface area contributed by atoms with Crippen molar-refractivity contribution in [1.82, 2.24) is 0 Å². The lowest BCUT2D eigenvalue weighted by molar-refractivity contribution is 0.100. The minimum Gasteiger partial charge on any atom is -0.496 e. The summed E-state index contributed by atoms with van der Waals surface area (Å²) in [6.45, 7) is 1.92. The highest BCUT2D eigenvalue weighted by atomic mass is 32.1. The van der Waals surface area contributed by atoms with Gasteiger partial charge in [0.05, 0.1) is 18.2 Å². The van der Waals surface area contributed by atoms with Gasteiger partial charge in [-0.2, -0.15) is 0 Å². The average Bonchev–Trinajstić information content (AvgIpc) is 3.04. The van der Waals surface area contributed by atoms with Gasteiger partial charge in [-0.25, -0.2) is 0 Å². The Bertz CT molecular complexity index is 980. The third-order valence-corrected chi connectivity index (χ3v) is 5.15. The zero-order valence-electron chi connectivity index (χ0n) is 15.1. The largest absolute Gasteiger partial charge is 0.496 e. The third kappa shape index (κ3) is 4.35. The zero-order chi connectivity index (χ0) is 19.4. The van der Waals surface area contributed by atoms with E-state index < -0.39 is 5.91 Å². The van der Waals surface area contributed by atoms with Crippen LogP contribution in [0.2, 0.25) is 0 Å². The number of anilines is 1. The molecule has 0 aliphatic carbocycles. The van der Waals surface area contributed by atoms with E-state index in [9.17, 15) is 9.59 Å². The number of thiophene rings is 1. The highest BCUT2D eigenvalue weighted by Crippen LogP contribution is 2.31. The Labute approximate surface area is 161 Å². The molecule has 2 aromatic carbocycles. The number of rotatable bonds is 6. The maximum atomic E-state index is 12.7. The first-order valence-corrected chi connectivity index (χ1v) is 9.22. The number of methoxy groups -OCH3 is 1. The van der Waals surface area contributed by atoms with E-state index in [0.29, 0.717) is 28.3 Å². The van der Waals surface area contributed by atoms with Gasteiger partial charge in [-0.1, -0.05) is 36.4 Å². The second-order valence-electron chi connectivity index (χ2n) is 6.14. The fraction of sp³-hybridized carbons (Fsp3) is 0.143. The molecule has 1 aromatic heterocycles. The summed E-state index contributed by atoms with van der Waals surface area (Å²) < 4.78 is 5.30. The maximum absolute atomic E-state index is 12.7. The molecule has 138 valence electrons. The topological polar surface area (TPSA) is 81.4 Å². The summed E-state index contributed by atoms with van der Waals surface area (Å²) >= 11 is 1.35. The van der Waals surface area contributed by atoms with Gasteiger partial charge in [0.1, 0.15) is 10.8 Å². The number of carbonyl (C=O) groups excluding carboxylic acids is 2. The maximum Gasteiger partial charge on any atom is 0.260 e. The molecule has 6 heteroatoms. The number of benzene rings is 2. The number of nitrogens with one attached hydrogen (secondary N) is 1. The molecule has 0 saturated heterocycles. The summed E-state index contributed by atoms with van der Waals surface area (Å²) in [5.41, 5.74) is 8.32. The monoisotopic (exact) mass is 380 g/mol. The van der Waals surface area contributed by atoms with E-state index in [-0.39, 0.29) is 5.91 Å². The summed E-state index contributed by atoms with van der Waals surface area (Å²) in [4.78, 5) is 25.5. The zero-order valence-corrected chi connectivity index (χ0v) is 15.9. The molecule has 0 aliphatic rings. The van der Waals surface area contributed by atoms with E-state index in [1.165, 1.54) is 18.4 Å². The van der Waals surface area contributed by atoms with Gasteiger partial charge in [-0.05, 0) is 36.2 Å². The van der Waals surface area contributed by atoms with Crippen molar-refractivity contribution in [2.75, 3.05) is 12.4 Å².